The Balaban J connectivity index is 2.17. The molecule has 1 aliphatic carbocycles. The van der Waals surface area contributed by atoms with E-state index in [4.69, 9.17) is 10.5 Å². The molecular weight excluding hydrogens is 228 g/mol. The average molecular weight is 256 g/mol. The van der Waals surface area contributed by atoms with Crippen LogP contribution in [-0.4, -0.2) is 31.2 Å². The molecule has 0 radical (unpaired) electrons. The van der Waals surface area contributed by atoms with Crippen LogP contribution in [0.3, 0.4) is 0 Å². The predicted molar refractivity (Wildman–Crippen MR) is 73.3 cm³/mol. The summed E-state index contributed by atoms with van der Waals surface area (Å²) in [5.41, 5.74) is 6.10. The van der Waals surface area contributed by atoms with Gasteiger partial charge in [-0.3, -0.25) is 4.79 Å². The Morgan fingerprint density at radius 3 is 2.44 bits per heavy atom. The van der Waals surface area contributed by atoms with Crippen LogP contribution in [0.15, 0.2) is 0 Å². The Kier molecular flexibility index (Phi) is 6.65. The van der Waals surface area contributed by atoms with E-state index in [2.05, 4.69) is 19.2 Å². The molecule has 0 unspecified atom stereocenters. The van der Waals surface area contributed by atoms with Crippen LogP contribution in [0.2, 0.25) is 0 Å². The molecule has 3 N–H and O–H groups in total. The van der Waals surface area contributed by atoms with Crippen molar-refractivity contribution in [3.05, 3.63) is 0 Å². The molecule has 1 fully saturated rings. The minimum Gasteiger partial charge on any atom is -0.370 e. The number of carbonyl (C=O) groups is 1. The van der Waals surface area contributed by atoms with Crippen molar-refractivity contribution in [3.8, 4) is 0 Å². The smallest absolute Gasteiger partial charge is 0.246 e. The highest BCUT2D eigenvalue weighted by Gasteiger charge is 2.26. The summed E-state index contributed by atoms with van der Waals surface area (Å²) in [4.78, 5) is 11.5. The minimum atomic E-state index is -0.213. The highest BCUT2D eigenvalue weighted by molar-refractivity contribution is 5.77. The number of amides is 1. The summed E-state index contributed by atoms with van der Waals surface area (Å²) >= 11 is 0. The fraction of sp³-hybridized carbons (Fsp3) is 0.929. The number of carbonyl (C=O) groups excluding carboxylic acids is 1. The first kappa shape index (κ1) is 15.4. The molecule has 18 heavy (non-hydrogen) atoms. The number of rotatable bonds is 6. The van der Waals surface area contributed by atoms with Crippen LogP contribution in [0, 0.1) is 5.92 Å². The summed E-state index contributed by atoms with van der Waals surface area (Å²) in [7, 11) is 0. The molecule has 0 aromatic heterocycles. The third-order valence-corrected chi connectivity index (χ3v) is 3.43. The maximum atomic E-state index is 11.5. The van der Waals surface area contributed by atoms with Gasteiger partial charge in [0.2, 0.25) is 5.91 Å². The Labute approximate surface area is 111 Å². The van der Waals surface area contributed by atoms with Crippen LogP contribution in [-0.2, 0) is 9.53 Å². The monoisotopic (exact) mass is 256 g/mol. The number of nitrogens with one attached hydrogen (secondary N) is 1. The molecule has 0 atom stereocenters. The maximum Gasteiger partial charge on any atom is 0.246 e. The van der Waals surface area contributed by atoms with Gasteiger partial charge >= 0.3 is 0 Å². The predicted octanol–water partition coefficient (Wildman–Crippen LogP) is 1.83. The molecule has 0 aromatic rings. The van der Waals surface area contributed by atoms with E-state index < -0.39 is 0 Å². The van der Waals surface area contributed by atoms with Crippen molar-refractivity contribution in [2.24, 2.45) is 11.7 Å². The van der Waals surface area contributed by atoms with Crippen molar-refractivity contribution in [2.75, 3.05) is 19.8 Å². The highest BCUT2D eigenvalue weighted by atomic mass is 16.5. The van der Waals surface area contributed by atoms with Gasteiger partial charge in [0.1, 0.15) is 6.61 Å². The summed E-state index contributed by atoms with van der Waals surface area (Å²) in [5, 5.41) is 2.84. The van der Waals surface area contributed by atoms with E-state index in [0.717, 1.165) is 12.8 Å². The average Bonchev–Trinajstić information content (AvgIpc) is 2.52. The summed E-state index contributed by atoms with van der Waals surface area (Å²) < 4.78 is 5.49. The normalized spacial score (nSPS) is 19.6. The van der Waals surface area contributed by atoms with Gasteiger partial charge < -0.3 is 15.8 Å². The van der Waals surface area contributed by atoms with Gasteiger partial charge in [-0.1, -0.05) is 39.5 Å². The second kappa shape index (κ2) is 7.74. The van der Waals surface area contributed by atoms with Crippen molar-refractivity contribution in [3.63, 3.8) is 0 Å². The van der Waals surface area contributed by atoms with Crippen LogP contribution in [0.25, 0.3) is 0 Å². The zero-order valence-electron chi connectivity index (χ0n) is 11.8. The quantitative estimate of drug-likeness (QED) is 0.713. The molecule has 0 aromatic carbocycles. The summed E-state index contributed by atoms with van der Waals surface area (Å²) in [5.74, 6) is 0.428. The van der Waals surface area contributed by atoms with E-state index in [1.165, 1.54) is 25.7 Å². The van der Waals surface area contributed by atoms with E-state index in [9.17, 15) is 4.79 Å². The van der Waals surface area contributed by atoms with Crippen molar-refractivity contribution in [2.45, 2.75) is 57.9 Å². The van der Waals surface area contributed by atoms with Crippen molar-refractivity contribution in [1.82, 2.24) is 5.32 Å². The van der Waals surface area contributed by atoms with Crippen LogP contribution in [0.1, 0.15) is 52.4 Å². The first-order valence-electron chi connectivity index (χ1n) is 7.15. The number of ether oxygens (including phenoxy) is 1. The van der Waals surface area contributed by atoms with Gasteiger partial charge in [-0.05, 0) is 18.8 Å². The van der Waals surface area contributed by atoms with Gasteiger partial charge in [-0.15, -0.1) is 0 Å². The summed E-state index contributed by atoms with van der Waals surface area (Å²) in [6.07, 6.45) is 6.93. The Bertz CT molecular complexity index is 246. The zero-order valence-corrected chi connectivity index (χ0v) is 11.8. The molecule has 4 heteroatoms. The molecule has 1 aliphatic rings. The van der Waals surface area contributed by atoms with Crippen molar-refractivity contribution < 1.29 is 9.53 Å². The Hall–Kier alpha value is -0.610. The molecule has 0 spiro atoms. The standard InChI is InChI=1S/C14H28N2O2/c1-12(2)9-16-13(17)10-18-11-14(15)7-5-3-4-6-8-14/h12H,3-11,15H2,1-2H3,(H,16,17). The summed E-state index contributed by atoms with van der Waals surface area (Å²) in [6, 6.07) is 0. The van der Waals surface area contributed by atoms with Gasteiger partial charge in [0.15, 0.2) is 0 Å². The molecule has 0 saturated heterocycles. The SMILES string of the molecule is CC(C)CNC(=O)COCC1(N)CCCCCC1. The first-order valence-corrected chi connectivity index (χ1v) is 7.15. The van der Waals surface area contributed by atoms with Crippen LogP contribution >= 0.6 is 0 Å². The second-order valence-electron chi connectivity index (χ2n) is 5.97. The molecule has 4 nitrogen and oxygen atoms in total. The molecule has 1 rings (SSSR count). The molecule has 106 valence electrons. The molecular formula is C14H28N2O2. The van der Waals surface area contributed by atoms with Gasteiger partial charge in [0.05, 0.1) is 6.61 Å². The number of hydrogen-bond acceptors (Lipinski definition) is 3. The largest absolute Gasteiger partial charge is 0.370 e. The Morgan fingerprint density at radius 2 is 1.89 bits per heavy atom. The lowest BCUT2D eigenvalue weighted by atomic mass is 9.93. The van der Waals surface area contributed by atoms with E-state index in [1.54, 1.807) is 0 Å². The van der Waals surface area contributed by atoms with Crippen LogP contribution < -0.4 is 11.1 Å². The fourth-order valence-electron chi connectivity index (χ4n) is 2.29. The van der Waals surface area contributed by atoms with Gasteiger partial charge in [0.25, 0.3) is 0 Å². The Morgan fingerprint density at radius 1 is 1.28 bits per heavy atom. The zero-order chi connectivity index (χ0) is 13.4. The van der Waals surface area contributed by atoms with Crippen LogP contribution in [0.4, 0.5) is 0 Å². The molecule has 1 amide bonds. The molecule has 0 bridgehead atoms. The lowest BCUT2D eigenvalue weighted by Gasteiger charge is -2.27. The number of hydrogen-bond donors (Lipinski definition) is 2. The number of nitrogens with two attached hydrogens (primary N) is 1. The van der Waals surface area contributed by atoms with Crippen molar-refractivity contribution >= 4 is 5.91 Å². The van der Waals surface area contributed by atoms with Crippen LogP contribution in [0.5, 0.6) is 0 Å². The maximum absolute atomic E-state index is 11.5. The van der Waals surface area contributed by atoms with Crippen molar-refractivity contribution in [1.29, 1.82) is 0 Å². The third-order valence-electron chi connectivity index (χ3n) is 3.43. The van der Waals surface area contributed by atoms with E-state index in [0.29, 0.717) is 19.1 Å². The third kappa shape index (κ3) is 6.36. The lowest BCUT2D eigenvalue weighted by molar-refractivity contribution is -0.126. The fourth-order valence-corrected chi connectivity index (χ4v) is 2.29. The molecule has 0 heterocycles. The minimum absolute atomic E-state index is 0.0408. The van der Waals surface area contributed by atoms with E-state index >= 15 is 0 Å². The first-order chi connectivity index (χ1) is 8.52. The molecule has 0 aliphatic heterocycles. The van der Waals surface area contributed by atoms with Gasteiger partial charge in [0, 0.05) is 12.1 Å². The highest BCUT2D eigenvalue weighted by Crippen LogP contribution is 2.25. The van der Waals surface area contributed by atoms with Gasteiger partial charge in [-0.2, -0.15) is 0 Å². The second-order valence-corrected chi connectivity index (χ2v) is 5.97. The summed E-state index contributed by atoms with van der Waals surface area (Å²) in [6.45, 7) is 5.48. The molecule has 1 saturated carbocycles. The van der Waals surface area contributed by atoms with E-state index in [-0.39, 0.29) is 18.1 Å². The lowest BCUT2D eigenvalue weighted by Crippen LogP contribution is -2.45. The van der Waals surface area contributed by atoms with E-state index in [1.807, 2.05) is 0 Å². The van der Waals surface area contributed by atoms with Gasteiger partial charge in [-0.25, -0.2) is 0 Å². The topological polar surface area (TPSA) is 64.3 Å².